The molecule has 2 N–H and O–H groups in total. The minimum Gasteiger partial charge on any atom is -0.372 e. The van der Waals surface area contributed by atoms with Gasteiger partial charge in [0.05, 0.1) is 0 Å². The lowest BCUT2D eigenvalue weighted by Crippen LogP contribution is -2.14. The Bertz CT molecular complexity index is 365. The molecule has 5 heteroatoms. The third kappa shape index (κ3) is 2.64. The van der Waals surface area contributed by atoms with Gasteiger partial charge >= 0.3 is 0 Å². The summed E-state index contributed by atoms with van der Waals surface area (Å²) < 4.78 is 0.903. The monoisotopic (exact) mass is 284 g/mol. The van der Waals surface area contributed by atoms with Crippen LogP contribution >= 0.6 is 15.9 Å². The van der Waals surface area contributed by atoms with Crippen molar-refractivity contribution in [3.05, 3.63) is 10.8 Å². The van der Waals surface area contributed by atoms with Crippen LogP contribution in [0.2, 0.25) is 0 Å². The minimum absolute atomic E-state index is 0.722. The summed E-state index contributed by atoms with van der Waals surface area (Å²) in [7, 11) is 1.85. The average molecular weight is 285 g/mol. The molecule has 0 saturated heterocycles. The number of hydrogen-bond acceptors (Lipinski definition) is 4. The second-order valence-electron chi connectivity index (χ2n) is 4.33. The minimum atomic E-state index is 0.722. The van der Waals surface area contributed by atoms with Crippen LogP contribution in [-0.2, 0) is 0 Å². The van der Waals surface area contributed by atoms with Crippen molar-refractivity contribution >= 4 is 27.6 Å². The number of nitrogens with zero attached hydrogens (tertiary/aromatic N) is 2. The van der Waals surface area contributed by atoms with Crippen molar-refractivity contribution in [1.29, 1.82) is 0 Å². The average Bonchev–Trinajstić information content (AvgIpc) is 3.11. The lowest BCUT2D eigenvalue weighted by molar-refractivity contribution is 0.536. The molecule has 4 nitrogen and oxygen atoms in total. The molecule has 1 heterocycles. The summed E-state index contributed by atoms with van der Waals surface area (Å²) >= 11 is 3.49. The fourth-order valence-corrected chi connectivity index (χ4v) is 2.30. The Labute approximate surface area is 104 Å². The Balaban J connectivity index is 1.97. The van der Waals surface area contributed by atoms with E-state index in [1.807, 2.05) is 7.05 Å². The van der Waals surface area contributed by atoms with Crippen molar-refractivity contribution in [1.82, 2.24) is 9.97 Å². The van der Waals surface area contributed by atoms with E-state index in [0.29, 0.717) is 0 Å². The van der Waals surface area contributed by atoms with Crippen LogP contribution in [0.5, 0.6) is 0 Å². The van der Waals surface area contributed by atoms with E-state index in [-0.39, 0.29) is 0 Å². The molecular weight excluding hydrogens is 268 g/mol. The Hall–Kier alpha value is -0.840. The molecule has 1 atom stereocenters. The molecule has 2 rings (SSSR count). The first-order chi connectivity index (χ1) is 7.72. The van der Waals surface area contributed by atoms with Crippen molar-refractivity contribution in [2.45, 2.75) is 19.8 Å². The molecular formula is C11H17BrN4. The second kappa shape index (κ2) is 4.99. The van der Waals surface area contributed by atoms with E-state index < -0.39 is 0 Å². The zero-order valence-corrected chi connectivity index (χ0v) is 11.2. The van der Waals surface area contributed by atoms with E-state index in [2.05, 4.69) is 43.5 Å². The molecule has 88 valence electrons. The number of nitrogens with one attached hydrogen (secondary N) is 2. The third-order valence-electron chi connectivity index (χ3n) is 3.04. The first-order valence-electron chi connectivity index (χ1n) is 5.64. The fourth-order valence-electron chi connectivity index (χ4n) is 1.76. The molecule has 0 radical (unpaired) electrons. The lowest BCUT2D eigenvalue weighted by atomic mass is 10.1. The van der Waals surface area contributed by atoms with Gasteiger partial charge in [0.2, 0.25) is 0 Å². The molecule has 1 fully saturated rings. The smallest absolute Gasteiger partial charge is 0.145 e. The maximum absolute atomic E-state index is 4.23. The van der Waals surface area contributed by atoms with Crippen LogP contribution in [-0.4, -0.2) is 23.6 Å². The molecule has 1 saturated carbocycles. The van der Waals surface area contributed by atoms with Crippen LogP contribution in [0.15, 0.2) is 10.8 Å². The molecule has 16 heavy (non-hydrogen) atoms. The summed E-state index contributed by atoms with van der Waals surface area (Å²) in [6.07, 6.45) is 4.34. The van der Waals surface area contributed by atoms with Crippen LogP contribution in [0.4, 0.5) is 11.6 Å². The summed E-state index contributed by atoms with van der Waals surface area (Å²) in [5.41, 5.74) is 0. The fraction of sp³-hybridized carbons (Fsp3) is 0.636. The van der Waals surface area contributed by atoms with Gasteiger partial charge in [-0.2, -0.15) is 0 Å². The maximum atomic E-state index is 4.23. The summed E-state index contributed by atoms with van der Waals surface area (Å²) in [4.78, 5) is 8.35. The van der Waals surface area contributed by atoms with Crippen molar-refractivity contribution < 1.29 is 0 Å². The lowest BCUT2D eigenvalue weighted by Gasteiger charge is -2.13. The number of halogens is 1. The Morgan fingerprint density at radius 2 is 2.12 bits per heavy atom. The molecule has 0 bridgehead atoms. The predicted octanol–water partition coefficient (Wildman–Crippen LogP) is 2.74. The largest absolute Gasteiger partial charge is 0.372 e. The van der Waals surface area contributed by atoms with Gasteiger partial charge in [-0.1, -0.05) is 6.92 Å². The van der Waals surface area contributed by atoms with E-state index in [4.69, 9.17) is 0 Å². The first-order valence-corrected chi connectivity index (χ1v) is 6.43. The number of rotatable bonds is 5. The normalized spacial score (nSPS) is 16.9. The molecule has 0 aliphatic heterocycles. The zero-order chi connectivity index (χ0) is 11.5. The number of hydrogen-bond donors (Lipinski definition) is 2. The first kappa shape index (κ1) is 11.6. The van der Waals surface area contributed by atoms with E-state index in [1.165, 1.54) is 12.8 Å². The van der Waals surface area contributed by atoms with E-state index in [9.17, 15) is 0 Å². The van der Waals surface area contributed by atoms with E-state index >= 15 is 0 Å². The summed E-state index contributed by atoms with van der Waals surface area (Å²) in [5, 5.41) is 6.39. The van der Waals surface area contributed by atoms with Crippen molar-refractivity contribution in [2.24, 2.45) is 11.8 Å². The van der Waals surface area contributed by atoms with Gasteiger partial charge in [0, 0.05) is 13.6 Å². The van der Waals surface area contributed by atoms with Gasteiger partial charge in [-0.15, -0.1) is 0 Å². The van der Waals surface area contributed by atoms with Crippen molar-refractivity contribution in [3.63, 3.8) is 0 Å². The van der Waals surface area contributed by atoms with Gasteiger partial charge in [0.1, 0.15) is 22.4 Å². The zero-order valence-electron chi connectivity index (χ0n) is 9.63. The molecule has 0 aromatic carbocycles. The van der Waals surface area contributed by atoms with Crippen LogP contribution in [0.25, 0.3) is 0 Å². The van der Waals surface area contributed by atoms with Crippen molar-refractivity contribution in [2.75, 3.05) is 24.2 Å². The molecule has 1 aromatic rings. The highest BCUT2D eigenvalue weighted by molar-refractivity contribution is 9.10. The van der Waals surface area contributed by atoms with Gasteiger partial charge in [0.15, 0.2) is 0 Å². The Kier molecular flexibility index (Phi) is 3.63. The predicted molar refractivity (Wildman–Crippen MR) is 69.7 cm³/mol. The van der Waals surface area contributed by atoms with Crippen LogP contribution in [0.1, 0.15) is 19.8 Å². The molecule has 1 aliphatic rings. The van der Waals surface area contributed by atoms with Gasteiger partial charge in [-0.3, -0.25) is 0 Å². The summed E-state index contributed by atoms with van der Waals surface area (Å²) in [6, 6.07) is 0. The van der Waals surface area contributed by atoms with Gasteiger partial charge in [-0.05, 0) is 40.6 Å². The standard InChI is InChI=1S/C11H17BrN4/c1-7(8-3-4-8)5-14-11-9(12)10(13-2)15-6-16-11/h6-8H,3-5H2,1-2H3,(H2,13,14,15,16). The van der Waals surface area contributed by atoms with Crippen LogP contribution in [0, 0.1) is 11.8 Å². The summed E-state index contributed by atoms with van der Waals surface area (Å²) in [5.74, 6) is 3.32. The second-order valence-corrected chi connectivity index (χ2v) is 5.12. The highest BCUT2D eigenvalue weighted by Crippen LogP contribution is 2.36. The van der Waals surface area contributed by atoms with Crippen molar-refractivity contribution in [3.8, 4) is 0 Å². The highest BCUT2D eigenvalue weighted by Gasteiger charge is 2.27. The third-order valence-corrected chi connectivity index (χ3v) is 3.80. The summed E-state index contributed by atoms with van der Waals surface area (Å²) in [6.45, 7) is 3.27. The van der Waals surface area contributed by atoms with E-state index in [1.54, 1.807) is 6.33 Å². The molecule has 1 aromatic heterocycles. The maximum Gasteiger partial charge on any atom is 0.145 e. The molecule has 1 unspecified atom stereocenters. The molecule has 0 spiro atoms. The highest BCUT2D eigenvalue weighted by atomic mass is 79.9. The Morgan fingerprint density at radius 3 is 2.75 bits per heavy atom. The number of aromatic nitrogens is 2. The van der Waals surface area contributed by atoms with Gasteiger partial charge in [-0.25, -0.2) is 9.97 Å². The van der Waals surface area contributed by atoms with Crippen LogP contribution in [0.3, 0.4) is 0 Å². The van der Waals surface area contributed by atoms with E-state index in [0.717, 1.165) is 34.5 Å². The molecule has 0 amide bonds. The number of anilines is 2. The SMILES string of the molecule is CNc1ncnc(NCC(C)C2CC2)c1Br. The topological polar surface area (TPSA) is 49.8 Å². The molecule has 1 aliphatic carbocycles. The quantitative estimate of drug-likeness (QED) is 0.873. The Morgan fingerprint density at radius 1 is 1.44 bits per heavy atom. The van der Waals surface area contributed by atoms with Gasteiger partial charge < -0.3 is 10.6 Å². The van der Waals surface area contributed by atoms with Gasteiger partial charge in [0.25, 0.3) is 0 Å². The van der Waals surface area contributed by atoms with Crippen LogP contribution < -0.4 is 10.6 Å².